The average molecular weight is 337 g/mol. The van der Waals surface area contributed by atoms with Crippen molar-refractivity contribution in [3.8, 4) is 0 Å². The van der Waals surface area contributed by atoms with Crippen LogP contribution in [0.5, 0.6) is 0 Å². The van der Waals surface area contributed by atoms with Crippen molar-refractivity contribution in [2.75, 3.05) is 6.61 Å². The van der Waals surface area contributed by atoms with Gasteiger partial charge in [0.25, 0.3) is 5.56 Å². The molecule has 22 heavy (non-hydrogen) atoms. The molecule has 2 heterocycles. The summed E-state index contributed by atoms with van der Waals surface area (Å²) in [6.07, 6.45) is 1.46. The Morgan fingerprint density at radius 2 is 2.18 bits per heavy atom. The second-order valence-corrected chi connectivity index (χ2v) is 5.95. The summed E-state index contributed by atoms with van der Waals surface area (Å²) in [5.41, 5.74) is 1.20. The van der Waals surface area contributed by atoms with Gasteiger partial charge in [-0.25, -0.2) is 9.67 Å². The van der Waals surface area contributed by atoms with E-state index in [1.807, 2.05) is 24.3 Å². The van der Waals surface area contributed by atoms with Crippen molar-refractivity contribution < 1.29 is 5.11 Å². The highest BCUT2D eigenvalue weighted by molar-refractivity contribution is 7.98. The standard InChI is InChI=1S/C14H13ClN4O2S/c15-11-4-2-1-3-9(11)8-22-14-17-12-10(13(21)18-14)7-16-19(12)5-6-20/h1-4,7,20H,5-6,8H2,(H,17,18,21). The quantitative estimate of drug-likeness (QED) is 0.550. The fraction of sp³-hybridized carbons (Fsp3) is 0.214. The van der Waals surface area contributed by atoms with Crippen LogP contribution < -0.4 is 5.56 Å². The van der Waals surface area contributed by atoms with E-state index in [1.165, 1.54) is 22.6 Å². The predicted octanol–water partition coefficient (Wildman–Crippen LogP) is 2.06. The number of aromatic amines is 1. The number of thioether (sulfide) groups is 1. The molecular weight excluding hydrogens is 324 g/mol. The number of nitrogens with one attached hydrogen (secondary N) is 1. The molecule has 3 aromatic rings. The van der Waals surface area contributed by atoms with Crippen LogP contribution in [-0.4, -0.2) is 31.5 Å². The van der Waals surface area contributed by atoms with Crippen LogP contribution in [-0.2, 0) is 12.3 Å². The molecule has 0 spiro atoms. The van der Waals surface area contributed by atoms with Gasteiger partial charge in [0.2, 0.25) is 0 Å². The Labute approximate surface area is 135 Å². The Morgan fingerprint density at radius 3 is 2.95 bits per heavy atom. The van der Waals surface area contributed by atoms with Crippen molar-refractivity contribution in [1.29, 1.82) is 0 Å². The highest BCUT2D eigenvalue weighted by Gasteiger charge is 2.10. The van der Waals surface area contributed by atoms with E-state index >= 15 is 0 Å². The minimum Gasteiger partial charge on any atom is -0.394 e. The third kappa shape index (κ3) is 3.01. The van der Waals surface area contributed by atoms with E-state index in [4.69, 9.17) is 16.7 Å². The summed E-state index contributed by atoms with van der Waals surface area (Å²) in [6.45, 7) is 0.238. The maximum Gasteiger partial charge on any atom is 0.262 e. The molecule has 0 radical (unpaired) electrons. The van der Waals surface area contributed by atoms with E-state index in [2.05, 4.69) is 15.1 Å². The molecule has 6 nitrogen and oxygen atoms in total. The Kier molecular flexibility index (Phi) is 4.47. The molecule has 0 aliphatic heterocycles. The lowest BCUT2D eigenvalue weighted by atomic mass is 10.2. The molecule has 0 aliphatic carbocycles. The van der Waals surface area contributed by atoms with Gasteiger partial charge in [0.15, 0.2) is 10.8 Å². The van der Waals surface area contributed by atoms with Crippen molar-refractivity contribution in [1.82, 2.24) is 19.7 Å². The number of hydrogen-bond donors (Lipinski definition) is 2. The second kappa shape index (κ2) is 6.51. The van der Waals surface area contributed by atoms with E-state index in [1.54, 1.807) is 0 Å². The Bertz CT molecular complexity index is 861. The van der Waals surface area contributed by atoms with E-state index in [-0.39, 0.29) is 12.2 Å². The first-order valence-corrected chi connectivity index (χ1v) is 7.98. The van der Waals surface area contributed by atoms with Crippen LogP contribution in [0.4, 0.5) is 0 Å². The van der Waals surface area contributed by atoms with E-state index in [0.717, 1.165) is 5.56 Å². The third-order valence-corrected chi connectivity index (χ3v) is 4.41. The molecule has 0 saturated heterocycles. The highest BCUT2D eigenvalue weighted by atomic mass is 35.5. The molecule has 3 rings (SSSR count). The van der Waals surface area contributed by atoms with Gasteiger partial charge in [-0.05, 0) is 11.6 Å². The fourth-order valence-corrected chi connectivity index (χ4v) is 3.18. The summed E-state index contributed by atoms with van der Waals surface area (Å²) < 4.78 is 1.52. The summed E-state index contributed by atoms with van der Waals surface area (Å²) in [4.78, 5) is 19.2. The molecule has 0 aliphatic rings. The van der Waals surface area contributed by atoms with Crippen LogP contribution in [0.25, 0.3) is 11.0 Å². The molecule has 0 fully saturated rings. The number of H-pyrrole nitrogens is 1. The van der Waals surface area contributed by atoms with Gasteiger partial charge in [-0.2, -0.15) is 5.10 Å². The number of nitrogens with zero attached hydrogens (tertiary/aromatic N) is 3. The van der Waals surface area contributed by atoms with Gasteiger partial charge in [-0.1, -0.05) is 41.6 Å². The van der Waals surface area contributed by atoms with Crippen molar-refractivity contribution in [2.45, 2.75) is 17.5 Å². The number of aromatic nitrogens is 4. The summed E-state index contributed by atoms with van der Waals surface area (Å²) >= 11 is 7.51. The predicted molar refractivity (Wildman–Crippen MR) is 86.2 cm³/mol. The maximum atomic E-state index is 12.0. The van der Waals surface area contributed by atoms with Gasteiger partial charge in [0.05, 0.1) is 19.3 Å². The number of halogens is 1. The van der Waals surface area contributed by atoms with Crippen LogP contribution >= 0.6 is 23.4 Å². The van der Waals surface area contributed by atoms with Crippen LogP contribution in [0.1, 0.15) is 5.56 Å². The van der Waals surface area contributed by atoms with E-state index in [0.29, 0.717) is 33.5 Å². The zero-order valence-corrected chi connectivity index (χ0v) is 13.1. The number of hydrogen-bond acceptors (Lipinski definition) is 5. The fourth-order valence-electron chi connectivity index (χ4n) is 2.03. The number of rotatable bonds is 5. The van der Waals surface area contributed by atoms with Gasteiger partial charge in [-0.15, -0.1) is 0 Å². The topological polar surface area (TPSA) is 83.8 Å². The molecular formula is C14H13ClN4O2S. The first-order chi connectivity index (χ1) is 10.7. The van der Waals surface area contributed by atoms with Crippen LogP contribution in [0.15, 0.2) is 40.4 Å². The average Bonchev–Trinajstić information content (AvgIpc) is 2.91. The van der Waals surface area contributed by atoms with Gasteiger partial charge >= 0.3 is 0 Å². The van der Waals surface area contributed by atoms with Crippen LogP contribution in [0.2, 0.25) is 5.02 Å². The van der Waals surface area contributed by atoms with E-state index in [9.17, 15) is 4.79 Å². The second-order valence-electron chi connectivity index (χ2n) is 4.58. The molecule has 114 valence electrons. The lowest BCUT2D eigenvalue weighted by molar-refractivity contribution is 0.271. The minimum absolute atomic E-state index is 0.0621. The Hall–Kier alpha value is -1.83. The molecule has 2 aromatic heterocycles. The molecule has 0 atom stereocenters. The molecule has 0 amide bonds. The summed E-state index contributed by atoms with van der Waals surface area (Å²) in [5, 5.41) is 14.7. The summed E-state index contributed by atoms with van der Waals surface area (Å²) in [7, 11) is 0. The Morgan fingerprint density at radius 1 is 1.36 bits per heavy atom. The van der Waals surface area contributed by atoms with Crippen LogP contribution in [0.3, 0.4) is 0 Å². The molecule has 0 saturated carbocycles. The summed E-state index contributed by atoms with van der Waals surface area (Å²) in [6, 6.07) is 7.54. The van der Waals surface area contributed by atoms with Gasteiger partial charge < -0.3 is 10.1 Å². The van der Waals surface area contributed by atoms with Gasteiger partial charge in [-0.3, -0.25) is 4.79 Å². The zero-order chi connectivity index (χ0) is 15.5. The first-order valence-electron chi connectivity index (χ1n) is 6.62. The van der Waals surface area contributed by atoms with E-state index < -0.39 is 0 Å². The van der Waals surface area contributed by atoms with Crippen molar-refractivity contribution in [3.63, 3.8) is 0 Å². The van der Waals surface area contributed by atoms with Crippen LogP contribution in [0, 0.1) is 0 Å². The SMILES string of the molecule is O=c1[nH]c(SCc2ccccc2Cl)nc2c1cnn2CCO. The summed E-state index contributed by atoms with van der Waals surface area (Å²) in [5.74, 6) is 0.599. The monoisotopic (exact) mass is 336 g/mol. The lowest BCUT2D eigenvalue weighted by Crippen LogP contribution is -2.11. The smallest absolute Gasteiger partial charge is 0.262 e. The minimum atomic E-state index is -0.240. The number of aliphatic hydroxyl groups excluding tert-OH is 1. The Balaban J connectivity index is 1.89. The number of aliphatic hydroxyl groups is 1. The normalized spacial score (nSPS) is 11.2. The first kappa shape index (κ1) is 15.1. The number of benzene rings is 1. The van der Waals surface area contributed by atoms with Crippen molar-refractivity contribution >= 4 is 34.4 Å². The number of fused-ring (bicyclic) bond motifs is 1. The van der Waals surface area contributed by atoms with Gasteiger partial charge in [0, 0.05) is 10.8 Å². The zero-order valence-electron chi connectivity index (χ0n) is 11.5. The highest BCUT2D eigenvalue weighted by Crippen LogP contribution is 2.24. The molecule has 0 unspecified atom stereocenters. The van der Waals surface area contributed by atoms with Crippen molar-refractivity contribution in [3.05, 3.63) is 51.4 Å². The molecule has 2 N–H and O–H groups in total. The van der Waals surface area contributed by atoms with Crippen molar-refractivity contribution in [2.24, 2.45) is 0 Å². The molecule has 1 aromatic carbocycles. The molecule has 8 heteroatoms. The largest absolute Gasteiger partial charge is 0.394 e. The van der Waals surface area contributed by atoms with Gasteiger partial charge in [0.1, 0.15) is 5.39 Å². The molecule has 0 bridgehead atoms. The third-order valence-electron chi connectivity index (χ3n) is 3.12. The maximum absolute atomic E-state index is 12.0. The lowest BCUT2D eigenvalue weighted by Gasteiger charge is -2.04.